The number of nitrogens with one attached hydrogen (secondary N) is 1. The van der Waals surface area contributed by atoms with Crippen LogP contribution < -0.4 is 5.32 Å². The van der Waals surface area contributed by atoms with Crippen LogP contribution >= 0.6 is 51.8 Å². The van der Waals surface area contributed by atoms with Gasteiger partial charge in [-0.1, -0.05) is 39.1 Å². The van der Waals surface area contributed by atoms with Crippen molar-refractivity contribution >= 4 is 63.4 Å². The van der Waals surface area contributed by atoms with Crippen LogP contribution in [0.15, 0.2) is 45.8 Å². The van der Waals surface area contributed by atoms with Gasteiger partial charge in [0.2, 0.25) is 0 Å². The Hall–Kier alpha value is -0.680. The third-order valence-corrected chi connectivity index (χ3v) is 3.79. The fourth-order valence-electron chi connectivity index (χ4n) is 1.47. The molecule has 6 heteroatoms. The monoisotopic (exact) mass is 375 g/mol. The van der Waals surface area contributed by atoms with Crippen LogP contribution in [0.5, 0.6) is 0 Å². The van der Waals surface area contributed by atoms with Crippen molar-refractivity contribution in [3.63, 3.8) is 0 Å². The molecular formula is C13H8BrCl2NOS. The molecule has 0 spiro atoms. The molecule has 2 aromatic carbocycles. The lowest BCUT2D eigenvalue weighted by atomic mass is 10.2. The predicted octanol–water partition coefficient (Wildman–Crippen LogP) is 5.30. The third kappa shape index (κ3) is 3.66. The average Bonchev–Trinajstić information content (AvgIpc) is 2.35. The van der Waals surface area contributed by atoms with Gasteiger partial charge in [-0.3, -0.25) is 4.79 Å². The van der Waals surface area contributed by atoms with Gasteiger partial charge in [0.1, 0.15) is 0 Å². The van der Waals surface area contributed by atoms with Crippen molar-refractivity contribution in [2.45, 2.75) is 4.90 Å². The molecule has 0 bridgehead atoms. The molecule has 2 aromatic rings. The standard InChI is InChI=1S/C13H8BrCl2NOS/c14-7-1-4-12(11(16)5-7)17-13(18)9-6-8(19)2-3-10(9)15/h1-6,19H,(H,17,18). The summed E-state index contributed by atoms with van der Waals surface area (Å²) in [6.07, 6.45) is 0. The Kier molecular flexibility index (Phi) is 4.79. The largest absolute Gasteiger partial charge is 0.321 e. The van der Waals surface area contributed by atoms with Gasteiger partial charge in [-0.2, -0.15) is 0 Å². The molecule has 19 heavy (non-hydrogen) atoms. The van der Waals surface area contributed by atoms with E-state index in [1.165, 1.54) is 0 Å². The first-order chi connectivity index (χ1) is 8.97. The summed E-state index contributed by atoms with van der Waals surface area (Å²) in [7, 11) is 0. The van der Waals surface area contributed by atoms with Crippen LogP contribution in [0.1, 0.15) is 10.4 Å². The number of rotatable bonds is 2. The van der Waals surface area contributed by atoms with Gasteiger partial charge in [0, 0.05) is 9.37 Å². The topological polar surface area (TPSA) is 29.1 Å². The molecule has 2 rings (SSSR count). The fraction of sp³-hybridized carbons (Fsp3) is 0. The van der Waals surface area contributed by atoms with E-state index in [4.69, 9.17) is 23.2 Å². The molecule has 1 N–H and O–H groups in total. The summed E-state index contributed by atoms with van der Waals surface area (Å²) < 4.78 is 0.839. The van der Waals surface area contributed by atoms with Crippen molar-refractivity contribution in [3.05, 3.63) is 56.5 Å². The number of hydrogen-bond acceptors (Lipinski definition) is 2. The zero-order valence-electron chi connectivity index (χ0n) is 9.45. The first-order valence-electron chi connectivity index (χ1n) is 5.22. The fourth-order valence-corrected chi connectivity index (χ4v) is 2.60. The van der Waals surface area contributed by atoms with E-state index in [0.717, 1.165) is 4.47 Å². The summed E-state index contributed by atoms with van der Waals surface area (Å²) >= 11 is 19.5. The Morgan fingerprint density at radius 2 is 1.84 bits per heavy atom. The Morgan fingerprint density at radius 3 is 2.53 bits per heavy atom. The molecule has 0 radical (unpaired) electrons. The molecule has 0 aliphatic rings. The summed E-state index contributed by atoms with van der Waals surface area (Å²) in [5.41, 5.74) is 0.878. The number of halogens is 3. The molecule has 0 aromatic heterocycles. The van der Waals surface area contributed by atoms with Gasteiger partial charge < -0.3 is 5.32 Å². The minimum absolute atomic E-state index is 0.329. The number of amides is 1. The minimum atomic E-state index is -0.329. The SMILES string of the molecule is O=C(Nc1ccc(Br)cc1Cl)c1cc(S)ccc1Cl. The van der Waals surface area contributed by atoms with Crippen molar-refractivity contribution in [1.82, 2.24) is 0 Å². The predicted molar refractivity (Wildman–Crippen MR) is 85.8 cm³/mol. The zero-order valence-corrected chi connectivity index (χ0v) is 13.4. The van der Waals surface area contributed by atoms with E-state index in [-0.39, 0.29) is 5.91 Å². The Balaban J connectivity index is 2.28. The second kappa shape index (κ2) is 6.18. The maximum Gasteiger partial charge on any atom is 0.257 e. The van der Waals surface area contributed by atoms with Crippen molar-refractivity contribution in [2.24, 2.45) is 0 Å². The third-order valence-electron chi connectivity index (χ3n) is 2.37. The number of hydrogen-bond donors (Lipinski definition) is 2. The van der Waals surface area contributed by atoms with Gasteiger partial charge >= 0.3 is 0 Å². The molecule has 0 saturated heterocycles. The first-order valence-corrected chi connectivity index (χ1v) is 7.22. The minimum Gasteiger partial charge on any atom is -0.321 e. The highest BCUT2D eigenvalue weighted by molar-refractivity contribution is 9.10. The summed E-state index contributed by atoms with van der Waals surface area (Å²) in [4.78, 5) is 12.8. The van der Waals surface area contributed by atoms with Crippen LogP contribution in [0.3, 0.4) is 0 Å². The Bertz CT molecular complexity index is 649. The van der Waals surface area contributed by atoms with Crippen LogP contribution in [0, 0.1) is 0 Å². The molecule has 0 heterocycles. The molecule has 1 amide bonds. The smallest absolute Gasteiger partial charge is 0.257 e. The van der Waals surface area contributed by atoms with Crippen molar-refractivity contribution in [2.75, 3.05) is 5.32 Å². The highest BCUT2D eigenvalue weighted by Gasteiger charge is 2.12. The van der Waals surface area contributed by atoms with Gasteiger partial charge in [0.25, 0.3) is 5.91 Å². The van der Waals surface area contributed by atoms with Gasteiger partial charge in [0.15, 0.2) is 0 Å². The lowest BCUT2D eigenvalue weighted by Crippen LogP contribution is -2.12. The van der Waals surface area contributed by atoms with Crippen molar-refractivity contribution in [3.8, 4) is 0 Å². The number of benzene rings is 2. The molecule has 0 aliphatic heterocycles. The summed E-state index contributed by atoms with van der Waals surface area (Å²) in [6, 6.07) is 10.2. The van der Waals surface area contributed by atoms with Crippen LogP contribution in [0.4, 0.5) is 5.69 Å². The maximum atomic E-state index is 12.1. The molecule has 0 unspecified atom stereocenters. The maximum absolute atomic E-state index is 12.1. The number of carbonyl (C=O) groups is 1. The highest BCUT2D eigenvalue weighted by Crippen LogP contribution is 2.27. The molecule has 98 valence electrons. The summed E-state index contributed by atoms with van der Waals surface area (Å²) in [5.74, 6) is -0.329. The number of thiol groups is 1. The van der Waals surface area contributed by atoms with Crippen LogP contribution in [-0.4, -0.2) is 5.91 Å². The van der Waals surface area contributed by atoms with Crippen LogP contribution in [-0.2, 0) is 0 Å². The van der Waals surface area contributed by atoms with Crippen LogP contribution in [0.25, 0.3) is 0 Å². The van der Waals surface area contributed by atoms with E-state index in [2.05, 4.69) is 33.9 Å². The lowest BCUT2D eigenvalue weighted by Gasteiger charge is -2.09. The molecule has 0 fully saturated rings. The van der Waals surface area contributed by atoms with Gasteiger partial charge in [0.05, 0.1) is 21.3 Å². The Morgan fingerprint density at radius 1 is 1.11 bits per heavy atom. The van der Waals surface area contributed by atoms with E-state index in [1.807, 2.05) is 0 Å². The van der Waals surface area contributed by atoms with E-state index in [0.29, 0.717) is 26.2 Å². The van der Waals surface area contributed by atoms with E-state index < -0.39 is 0 Å². The molecule has 2 nitrogen and oxygen atoms in total. The van der Waals surface area contributed by atoms with Gasteiger partial charge in [-0.05, 0) is 36.4 Å². The molecule has 0 saturated carbocycles. The first kappa shape index (κ1) is 14.7. The van der Waals surface area contributed by atoms with Gasteiger partial charge in [-0.25, -0.2) is 0 Å². The number of anilines is 1. The van der Waals surface area contributed by atoms with E-state index in [1.54, 1.807) is 36.4 Å². The van der Waals surface area contributed by atoms with Crippen molar-refractivity contribution in [1.29, 1.82) is 0 Å². The highest BCUT2D eigenvalue weighted by atomic mass is 79.9. The quantitative estimate of drug-likeness (QED) is 0.684. The summed E-state index contributed by atoms with van der Waals surface area (Å²) in [5, 5.41) is 3.52. The molecule has 0 atom stereocenters. The van der Waals surface area contributed by atoms with Crippen molar-refractivity contribution < 1.29 is 4.79 Å². The molecule has 0 aliphatic carbocycles. The Labute approximate surface area is 134 Å². The van der Waals surface area contributed by atoms with Crippen LogP contribution in [0.2, 0.25) is 10.0 Å². The second-order valence-electron chi connectivity index (χ2n) is 3.74. The average molecular weight is 377 g/mol. The number of carbonyl (C=O) groups excluding carboxylic acids is 1. The normalized spacial score (nSPS) is 10.3. The second-order valence-corrected chi connectivity index (χ2v) is 5.99. The van der Waals surface area contributed by atoms with E-state index >= 15 is 0 Å². The van der Waals surface area contributed by atoms with Gasteiger partial charge in [-0.15, -0.1) is 12.6 Å². The lowest BCUT2D eigenvalue weighted by molar-refractivity contribution is 0.102. The zero-order chi connectivity index (χ0) is 14.0. The van der Waals surface area contributed by atoms with E-state index in [9.17, 15) is 4.79 Å². The summed E-state index contributed by atoms with van der Waals surface area (Å²) in [6.45, 7) is 0. The molecular weight excluding hydrogens is 369 g/mol.